The van der Waals surface area contributed by atoms with Crippen LogP contribution >= 0.6 is 7.14 Å². The molecule has 4 aliphatic carbocycles. The number of rotatable bonds is 8. The van der Waals surface area contributed by atoms with Crippen molar-refractivity contribution in [3.8, 4) is 0 Å². The first-order chi connectivity index (χ1) is 16.3. The zero-order valence-corrected chi connectivity index (χ0v) is 20.4. The summed E-state index contributed by atoms with van der Waals surface area (Å²) in [7, 11) is -4.13. The van der Waals surface area contributed by atoms with Crippen LogP contribution in [-0.2, 0) is 9.36 Å². The second-order valence-corrected chi connectivity index (χ2v) is 13.0. The highest BCUT2D eigenvalue weighted by molar-refractivity contribution is 8.00. The predicted octanol–water partition coefficient (Wildman–Crippen LogP) is 7.19. The van der Waals surface area contributed by atoms with Gasteiger partial charge >= 0.3 is 0 Å². The Balaban J connectivity index is 1.70. The summed E-state index contributed by atoms with van der Waals surface area (Å²) in [5.41, 5.74) is 0.593. The average Bonchev–Trinajstić information content (AvgIpc) is 2.86. The molecule has 6 rings (SSSR count). The van der Waals surface area contributed by atoms with Gasteiger partial charge in [0, 0.05) is 16.3 Å². The maximum absolute atomic E-state index is 15.0. The van der Waals surface area contributed by atoms with E-state index in [9.17, 15) is 9.59 Å². The summed E-state index contributed by atoms with van der Waals surface area (Å²) in [5.74, 6) is 1.52. The third-order valence-corrected chi connectivity index (χ3v) is 11.2. The van der Waals surface area contributed by atoms with Gasteiger partial charge < -0.3 is 4.57 Å². The van der Waals surface area contributed by atoms with E-state index < -0.39 is 18.1 Å². The van der Waals surface area contributed by atoms with E-state index in [1.165, 1.54) is 19.3 Å². The van der Waals surface area contributed by atoms with Crippen LogP contribution in [-0.4, -0.2) is 11.0 Å². The molecule has 0 spiro atoms. The Hall–Kier alpha value is -2.77. The molecule has 174 valence electrons. The van der Waals surface area contributed by atoms with Crippen molar-refractivity contribution in [2.24, 2.45) is 23.2 Å². The number of benzene rings is 2. The fourth-order valence-corrected chi connectivity index (χ4v) is 9.99. The van der Waals surface area contributed by atoms with Gasteiger partial charge in [-0.05, 0) is 85.1 Å². The van der Waals surface area contributed by atoms with Crippen molar-refractivity contribution in [3.63, 3.8) is 0 Å². The fraction of sp³-hybridized carbons (Fsp3) is 0.333. The topological polar surface area (TPSA) is 51.2 Å². The van der Waals surface area contributed by atoms with Gasteiger partial charge in [0.25, 0.3) is 0 Å². The molecule has 2 aromatic carbocycles. The van der Waals surface area contributed by atoms with Crippen molar-refractivity contribution >= 4 is 41.7 Å². The quantitative estimate of drug-likeness (QED) is 0.384. The highest BCUT2D eigenvalue weighted by Crippen LogP contribution is 2.66. The average molecular weight is 471 g/mol. The first kappa shape index (κ1) is 23.0. The van der Waals surface area contributed by atoms with E-state index in [0.29, 0.717) is 34.2 Å². The maximum atomic E-state index is 15.0. The molecule has 1 unspecified atom stereocenters. The summed E-state index contributed by atoms with van der Waals surface area (Å²) in [4.78, 5) is 28.9. The highest BCUT2D eigenvalue weighted by atomic mass is 31.2. The molecule has 0 aromatic heterocycles. The number of hydrogen-bond donors (Lipinski definition) is 0. The molecule has 4 heteroatoms. The van der Waals surface area contributed by atoms with Crippen molar-refractivity contribution in [1.29, 1.82) is 0 Å². The van der Waals surface area contributed by atoms with Crippen molar-refractivity contribution < 1.29 is 14.2 Å². The summed E-state index contributed by atoms with van der Waals surface area (Å²) in [5, 5.41) is 0.332. The molecule has 0 amide bonds. The molecule has 4 fully saturated rings. The second kappa shape index (κ2) is 8.47. The van der Waals surface area contributed by atoms with Gasteiger partial charge in [0.2, 0.25) is 18.2 Å². The van der Waals surface area contributed by atoms with Crippen molar-refractivity contribution in [3.05, 3.63) is 84.5 Å². The standard InChI is InChI=1S/C30H31O3P/c1-4-20-15-24(5-2)27(25(6-3)16-20)28(31)34(33,26-10-8-7-9-11-26)29(32)30-17-21-12-22(18-30)14-23(13-21)19-30/h4-11,15-16,21-23H,1-3,12-14,17-19H2. The van der Waals surface area contributed by atoms with Crippen LogP contribution in [0.1, 0.15) is 65.6 Å². The van der Waals surface area contributed by atoms with Gasteiger partial charge in [0.05, 0.1) is 0 Å². The third kappa shape index (κ3) is 3.45. The number of hydrogen-bond acceptors (Lipinski definition) is 3. The van der Waals surface area contributed by atoms with E-state index in [4.69, 9.17) is 0 Å². The zero-order chi connectivity index (χ0) is 24.1. The van der Waals surface area contributed by atoms with Crippen molar-refractivity contribution in [2.45, 2.75) is 38.5 Å². The Morgan fingerprint density at radius 2 is 1.32 bits per heavy atom. The summed E-state index contributed by atoms with van der Waals surface area (Å²) < 4.78 is 15.0. The molecule has 34 heavy (non-hydrogen) atoms. The van der Waals surface area contributed by atoms with E-state index in [1.54, 1.807) is 54.6 Å². The molecule has 0 radical (unpaired) electrons. The molecule has 2 aromatic rings. The van der Waals surface area contributed by atoms with Crippen LogP contribution in [0.15, 0.2) is 62.2 Å². The van der Waals surface area contributed by atoms with E-state index in [-0.39, 0.29) is 11.1 Å². The highest BCUT2D eigenvalue weighted by Gasteiger charge is 2.60. The molecule has 4 saturated carbocycles. The fourth-order valence-electron chi connectivity index (χ4n) is 7.23. The first-order valence-corrected chi connectivity index (χ1v) is 13.9. The summed E-state index contributed by atoms with van der Waals surface area (Å²) in [6.07, 6.45) is 10.6. The van der Waals surface area contributed by atoms with E-state index >= 15 is 4.57 Å². The smallest absolute Gasteiger partial charge is 0.244 e. The molecule has 3 nitrogen and oxygen atoms in total. The zero-order valence-electron chi connectivity index (χ0n) is 19.5. The lowest BCUT2D eigenvalue weighted by atomic mass is 9.50. The SMILES string of the molecule is C=Cc1cc(C=C)c(C(=O)P(=O)(C(=O)C23CC4CC(CC(C4)C2)C3)c2ccccc2)c(C=C)c1. The first-order valence-electron chi connectivity index (χ1n) is 12.2. The van der Waals surface area contributed by atoms with E-state index in [1.807, 2.05) is 6.07 Å². The lowest BCUT2D eigenvalue weighted by molar-refractivity contribution is -0.135. The third-order valence-electron chi connectivity index (χ3n) is 8.29. The van der Waals surface area contributed by atoms with Gasteiger partial charge in [-0.15, -0.1) is 0 Å². The monoisotopic (exact) mass is 470 g/mol. The van der Waals surface area contributed by atoms with Crippen molar-refractivity contribution in [1.82, 2.24) is 0 Å². The van der Waals surface area contributed by atoms with Crippen LogP contribution in [0.5, 0.6) is 0 Å². The molecule has 4 bridgehead atoms. The van der Waals surface area contributed by atoms with Crippen LogP contribution < -0.4 is 5.30 Å². The minimum absolute atomic E-state index is 0.265. The lowest BCUT2D eigenvalue weighted by Gasteiger charge is -2.56. The van der Waals surface area contributed by atoms with Gasteiger partial charge in [-0.1, -0.05) is 68.3 Å². The molecule has 0 heterocycles. The van der Waals surface area contributed by atoms with Crippen LogP contribution in [0.25, 0.3) is 18.2 Å². The normalized spacial score (nSPS) is 28.6. The van der Waals surface area contributed by atoms with Crippen LogP contribution in [0, 0.1) is 23.2 Å². The molecular formula is C30H31O3P. The van der Waals surface area contributed by atoms with Gasteiger partial charge in [0.15, 0.2) is 0 Å². The Morgan fingerprint density at radius 1 is 0.824 bits per heavy atom. The van der Waals surface area contributed by atoms with Gasteiger partial charge in [-0.25, -0.2) is 0 Å². The second-order valence-electron chi connectivity index (χ2n) is 10.4. The number of carbonyl (C=O) groups is 2. The Morgan fingerprint density at radius 3 is 1.76 bits per heavy atom. The minimum atomic E-state index is -4.13. The minimum Gasteiger partial charge on any atom is -0.302 e. The van der Waals surface area contributed by atoms with Crippen molar-refractivity contribution in [2.75, 3.05) is 0 Å². The Bertz CT molecular complexity index is 1190. The molecular weight excluding hydrogens is 439 g/mol. The molecule has 0 saturated heterocycles. The summed E-state index contributed by atoms with van der Waals surface area (Å²) in [6, 6.07) is 12.3. The largest absolute Gasteiger partial charge is 0.302 e. The lowest BCUT2D eigenvalue weighted by Crippen LogP contribution is -2.50. The number of carbonyl (C=O) groups excluding carboxylic acids is 2. The maximum Gasteiger partial charge on any atom is 0.244 e. The van der Waals surface area contributed by atoms with Gasteiger partial charge in [-0.3, -0.25) is 9.59 Å². The molecule has 4 aliphatic rings. The predicted molar refractivity (Wildman–Crippen MR) is 140 cm³/mol. The van der Waals surface area contributed by atoms with Crippen LogP contribution in [0.2, 0.25) is 0 Å². The summed E-state index contributed by atoms with van der Waals surface area (Å²) in [6.45, 7) is 11.6. The van der Waals surface area contributed by atoms with Crippen LogP contribution in [0.4, 0.5) is 0 Å². The Labute approximate surface area is 202 Å². The molecule has 0 N–H and O–H groups in total. The van der Waals surface area contributed by atoms with Gasteiger partial charge in [-0.2, -0.15) is 0 Å². The van der Waals surface area contributed by atoms with E-state index in [2.05, 4.69) is 19.7 Å². The summed E-state index contributed by atoms with van der Waals surface area (Å²) >= 11 is 0. The molecule has 0 aliphatic heterocycles. The van der Waals surface area contributed by atoms with Gasteiger partial charge in [0.1, 0.15) is 0 Å². The molecule has 1 atom stereocenters. The Kier molecular flexibility index (Phi) is 5.73. The van der Waals surface area contributed by atoms with Crippen LogP contribution in [0.3, 0.4) is 0 Å². The van der Waals surface area contributed by atoms with E-state index in [0.717, 1.165) is 24.8 Å².